The van der Waals surface area contributed by atoms with Crippen LogP contribution in [-0.4, -0.2) is 28.5 Å². The van der Waals surface area contributed by atoms with Gasteiger partial charge in [0.1, 0.15) is 5.82 Å². The van der Waals surface area contributed by atoms with E-state index in [2.05, 4.69) is 46.9 Å². The molecule has 0 aliphatic carbocycles. The first-order chi connectivity index (χ1) is 8.29. The number of nitrogens with one attached hydrogen (secondary N) is 2. The first kappa shape index (κ1) is 12.3. The molecule has 5 nitrogen and oxygen atoms in total. The molecule has 7 heteroatoms. The highest BCUT2D eigenvalue weighted by atomic mass is 79.9. The van der Waals surface area contributed by atoms with E-state index in [1.807, 2.05) is 5.51 Å². The molecule has 2 heterocycles. The Morgan fingerprint density at radius 2 is 2.29 bits per heavy atom. The molecule has 0 bridgehead atoms. The predicted octanol–water partition coefficient (Wildman–Crippen LogP) is 2.39. The van der Waals surface area contributed by atoms with E-state index in [0.29, 0.717) is 5.95 Å². The lowest BCUT2D eigenvalue weighted by Gasteiger charge is -2.07. The SMILES string of the molecule is CNc1ncc(Br)c(NCCc2cscn2)n1. The first-order valence-electron chi connectivity index (χ1n) is 5.11. The van der Waals surface area contributed by atoms with Crippen molar-refractivity contribution in [1.82, 2.24) is 15.0 Å². The van der Waals surface area contributed by atoms with Gasteiger partial charge in [0.25, 0.3) is 0 Å². The molecule has 2 aromatic heterocycles. The van der Waals surface area contributed by atoms with E-state index in [0.717, 1.165) is 29.0 Å². The van der Waals surface area contributed by atoms with Crippen LogP contribution in [0.25, 0.3) is 0 Å². The molecule has 90 valence electrons. The molecular weight excluding hydrogens is 302 g/mol. The minimum atomic E-state index is 0.601. The standard InChI is InChI=1S/C10H12BrN5S/c1-12-10-14-4-8(11)9(16-10)13-3-2-7-5-17-6-15-7/h4-6H,2-3H2,1H3,(H2,12,13,14,16). The van der Waals surface area contributed by atoms with Gasteiger partial charge in [-0.15, -0.1) is 11.3 Å². The van der Waals surface area contributed by atoms with Crippen LogP contribution >= 0.6 is 27.3 Å². The van der Waals surface area contributed by atoms with Gasteiger partial charge in [-0.05, 0) is 15.9 Å². The highest BCUT2D eigenvalue weighted by Gasteiger charge is 2.03. The second kappa shape index (κ2) is 5.92. The van der Waals surface area contributed by atoms with Crippen molar-refractivity contribution in [3.63, 3.8) is 0 Å². The number of hydrogen-bond donors (Lipinski definition) is 2. The lowest BCUT2D eigenvalue weighted by molar-refractivity contribution is 0.962. The monoisotopic (exact) mass is 313 g/mol. The van der Waals surface area contributed by atoms with Gasteiger partial charge in [0.05, 0.1) is 15.7 Å². The summed E-state index contributed by atoms with van der Waals surface area (Å²) in [6.07, 6.45) is 2.61. The van der Waals surface area contributed by atoms with Crippen LogP contribution in [0.2, 0.25) is 0 Å². The summed E-state index contributed by atoms with van der Waals surface area (Å²) in [5.41, 5.74) is 2.94. The molecule has 0 unspecified atom stereocenters. The summed E-state index contributed by atoms with van der Waals surface area (Å²) in [6.45, 7) is 0.794. The molecule has 0 spiro atoms. The second-order valence-corrected chi connectivity index (χ2v) is 4.87. The van der Waals surface area contributed by atoms with Gasteiger partial charge in [-0.1, -0.05) is 0 Å². The van der Waals surface area contributed by atoms with Crippen molar-refractivity contribution >= 4 is 39.0 Å². The average molecular weight is 314 g/mol. The van der Waals surface area contributed by atoms with Crippen LogP contribution in [-0.2, 0) is 6.42 Å². The first-order valence-corrected chi connectivity index (χ1v) is 6.84. The lowest BCUT2D eigenvalue weighted by atomic mass is 10.3. The van der Waals surface area contributed by atoms with Gasteiger partial charge in [-0.25, -0.2) is 9.97 Å². The zero-order chi connectivity index (χ0) is 12.1. The summed E-state index contributed by atoms with van der Waals surface area (Å²) >= 11 is 5.02. The Kier molecular flexibility index (Phi) is 4.27. The maximum Gasteiger partial charge on any atom is 0.224 e. The Morgan fingerprint density at radius 1 is 1.41 bits per heavy atom. The summed E-state index contributed by atoms with van der Waals surface area (Å²) < 4.78 is 0.856. The summed E-state index contributed by atoms with van der Waals surface area (Å²) in [6, 6.07) is 0. The van der Waals surface area contributed by atoms with Gasteiger partial charge < -0.3 is 10.6 Å². The Hall–Kier alpha value is -1.21. The van der Waals surface area contributed by atoms with E-state index < -0.39 is 0 Å². The van der Waals surface area contributed by atoms with Gasteiger partial charge in [-0.2, -0.15) is 4.98 Å². The predicted molar refractivity (Wildman–Crippen MR) is 73.6 cm³/mol. The van der Waals surface area contributed by atoms with Gasteiger partial charge in [0.2, 0.25) is 5.95 Å². The van der Waals surface area contributed by atoms with Crippen molar-refractivity contribution < 1.29 is 0 Å². The van der Waals surface area contributed by atoms with Crippen LogP contribution in [0, 0.1) is 0 Å². The maximum atomic E-state index is 4.31. The zero-order valence-corrected chi connectivity index (χ0v) is 11.7. The van der Waals surface area contributed by atoms with E-state index in [9.17, 15) is 0 Å². The van der Waals surface area contributed by atoms with Gasteiger partial charge in [0.15, 0.2) is 0 Å². The average Bonchev–Trinajstić information content (AvgIpc) is 2.84. The van der Waals surface area contributed by atoms with Gasteiger partial charge in [0, 0.05) is 31.6 Å². The number of nitrogens with zero attached hydrogens (tertiary/aromatic N) is 3. The fourth-order valence-corrected chi connectivity index (χ4v) is 2.21. The Bertz CT molecular complexity index is 474. The largest absolute Gasteiger partial charge is 0.369 e. The quantitative estimate of drug-likeness (QED) is 0.887. The van der Waals surface area contributed by atoms with Crippen molar-refractivity contribution in [2.24, 2.45) is 0 Å². The van der Waals surface area contributed by atoms with Crippen molar-refractivity contribution in [1.29, 1.82) is 0 Å². The molecular formula is C10H12BrN5S. The third kappa shape index (κ3) is 3.37. The van der Waals surface area contributed by atoms with E-state index in [4.69, 9.17) is 0 Å². The number of hydrogen-bond acceptors (Lipinski definition) is 6. The van der Waals surface area contributed by atoms with Crippen molar-refractivity contribution in [2.75, 3.05) is 24.2 Å². The van der Waals surface area contributed by atoms with Crippen LogP contribution in [0.5, 0.6) is 0 Å². The molecule has 0 radical (unpaired) electrons. The summed E-state index contributed by atoms with van der Waals surface area (Å²) in [7, 11) is 1.79. The Morgan fingerprint density at radius 3 is 3.00 bits per heavy atom. The Balaban J connectivity index is 1.94. The molecule has 0 aromatic carbocycles. The molecule has 2 aromatic rings. The summed E-state index contributed by atoms with van der Waals surface area (Å²) in [4.78, 5) is 12.6. The van der Waals surface area contributed by atoms with Crippen LogP contribution in [0.1, 0.15) is 5.69 Å². The molecule has 0 saturated heterocycles. The molecule has 0 aliphatic rings. The molecule has 0 saturated carbocycles. The molecule has 17 heavy (non-hydrogen) atoms. The maximum absolute atomic E-state index is 4.31. The van der Waals surface area contributed by atoms with Crippen LogP contribution in [0.4, 0.5) is 11.8 Å². The number of rotatable bonds is 5. The normalized spacial score (nSPS) is 10.2. The number of anilines is 2. The minimum absolute atomic E-state index is 0.601. The van der Waals surface area contributed by atoms with E-state index >= 15 is 0 Å². The second-order valence-electron chi connectivity index (χ2n) is 3.30. The summed E-state index contributed by atoms with van der Waals surface area (Å²) in [5.74, 6) is 1.39. The van der Waals surface area contributed by atoms with Crippen molar-refractivity contribution in [2.45, 2.75) is 6.42 Å². The highest BCUT2D eigenvalue weighted by Crippen LogP contribution is 2.19. The molecule has 0 amide bonds. The smallest absolute Gasteiger partial charge is 0.224 e. The summed E-state index contributed by atoms with van der Waals surface area (Å²) in [5, 5.41) is 8.21. The lowest BCUT2D eigenvalue weighted by Crippen LogP contribution is -2.08. The number of halogens is 1. The fourth-order valence-electron chi connectivity index (χ4n) is 1.28. The third-order valence-electron chi connectivity index (χ3n) is 2.12. The van der Waals surface area contributed by atoms with Crippen molar-refractivity contribution in [3.05, 3.63) is 27.3 Å². The highest BCUT2D eigenvalue weighted by molar-refractivity contribution is 9.10. The Labute approximate surface area is 112 Å². The van der Waals surface area contributed by atoms with Crippen LogP contribution < -0.4 is 10.6 Å². The molecule has 0 aliphatic heterocycles. The van der Waals surface area contributed by atoms with Crippen LogP contribution in [0.15, 0.2) is 21.6 Å². The van der Waals surface area contributed by atoms with Crippen molar-refractivity contribution in [3.8, 4) is 0 Å². The van der Waals surface area contributed by atoms with E-state index in [1.165, 1.54) is 0 Å². The van der Waals surface area contributed by atoms with Gasteiger partial charge in [-0.3, -0.25) is 0 Å². The third-order valence-corrected chi connectivity index (χ3v) is 3.34. The van der Waals surface area contributed by atoms with Crippen LogP contribution in [0.3, 0.4) is 0 Å². The topological polar surface area (TPSA) is 62.7 Å². The zero-order valence-electron chi connectivity index (χ0n) is 9.27. The fraction of sp³-hybridized carbons (Fsp3) is 0.300. The number of aromatic nitrogens is 3. The molecule has 0 atom stereocenters. The van der Waals surface area contributed by atoms with E-state index in [1.54, 1.807) is 24.6 Å². The molecule has 2 N–H and O–H groups in total. The molecule has 2 rings (SSSR count). The number of thiazole rings is 1. The van der Waals surface area contributed by atoms with E-state index in [-0.39, 0.29) is 0 Å². The molecule has 0 fully saturated rings. The minimum Gasteiger partial charge on any atom is -0.369 e. The van der Waals surface area contributed by atoms with Gasteiger partial charge >= 0.3 is 0 Å².